The Kier molecular flexibility index (Phi) is 3.10. The Morgan fingerprint density at radius 1 is 1.12 bits per heavy atom. The van der Waals surface area contributed by atoms with Gasteiger partial charge in [0.2, 0.25) is 0 Å². The Balaban J connectivity index is 2.05. The molecular weight excluding hydrogens is 205 g/mol. The number of nitrogens with zero attached hydrogens (tertiary/aromatic N) is 2. The summed E-state index contributed by atoms with van der Waals surface area (Å²) in [7, 11) is 0. The van der Waals surface area contributed by atoms with E-state index in [1.165, 1.54) is 6.07 Å². The molecule has 3 nitrogen and oxygen atoms in total. The summed E-state index contributed by atoms with van der Waals surface area (Å²) in [6.45, 7) is 0. The van der Waals surface area contributed by atoms with Crippen molar-refractivity contribution in [3.63, 3.8) is 0 Å². The summed E-state index contributed by atoms with van der Waals surface area (Å²) < 4.78 is 13.3. The van der Waals surface area contributed by atoms with Crippen molar-refractivity contribution in [3.05, 3.63) is 53.7 Å². The molecule has 1 heterocycles. The number of rotatable bonds is 3. The molecule has 2 aromatic rings. The summed E-state index contributed by atoms with van der Waals surface area (Å²) >= 11 is 0. The molecule has 0 aliphatic heterocycles. The minimum Gasteiger partial charge on any atom is -0.384 e. The lowest BCUT2D eigenvalue weighted by Gasteiger charge is -2.02. The van der Waals surface area contributed by atoms with Crippen LogP contribution in [0.5, 0.6) is 0 Å². The lowest BCUT2D eigenvalue weighted by molar-refractivity contribution is 0.607. The zero-order valence-corrected chi connectivity index (χ0v) is 8.73. The van der Waals surface area contributed by atoms with E-state index in [-0.39, 0.29) is 5.82 Å². The highest BCUT2D eigenvalue weighted by Crippen LogP contribution is 2.09. The van der Waals surface area contributed by atoms with E-state index in [4.69, 9.17) is 5.73 Å². The fraction of sp³-hybridized carbons (Fsp3) is 0.167. The van der Waals surface area contributed by atoms with Crippen LogP contribution in [-0.2, 0) is 12.8 Å². The van der Waals surface area contributed by atoms with Crippen LogP contribution >= 0.6 is 0 Å². The number of hydrogen-bond acceptors (Lipinski definition) is 3. The van der Waals surface area contributed by atoms with E-state index < -0.39 is 0 Å². The molecule has 16 heavy (non-hydrogen) atoms. The van der Waals surface area contributed by atoms with Gasteiger partial charge < -0.3 is 5.73 Å². The maximum atomic E-state index is 13.3. The van der Waals surface area contributed by atoms with Crippen LogP contribution in [-0.4, -0.2) is 9.97 Å². The first-order valence-electron chi connectivity index (χ1n) is 5.06. The highest BCUT2D eigenvalue weighted by Gasteiger charge is 2.02. The van der Waals surface area contributed by atoms with Gasteiger partial charge in [0.1, 0.15) is 17.5 Å². The summed E-state index contributed by atoms with van der Waals surface area (Å²) in [6.07, 6.45) is 2.78. The summed E-state index contributed by atoms with van der Waals surface area (Å²) in [5.41, 5.74) is 6.21. The zero-order valence-electron chi connectivity index (χ0n) is 8.73. The molecular formula is C12H12FN3. The minimum absolute atomic E-state index is 0.189. The second-order valence-electron chi connectivity index (χ2n) is 3.49. The van der Waals surface area contributed by atoms with Crippen molar-refractivity contribution in [2.45, 2.75) is 12.8 Å². The van der Waals surface area contributed by atoms with Gasteiger partial charge in [-0.25, -0.2) is 14.4 Å². The number of aryl methyl sites for hydroxylation is 2. The minimum atomic E-state index is -0.189. The Hall–Kier alpha value is -1.97. The smallest absolute Gasteiger partial charge is 0.130 e. The zero-order chi connectivity index (χ0) is 11.4. The molecule has 0 saturated carbocycles. The summed E-state index contributed by atoms with van der Waals surface area (Å²) in [4.78, 5) is 8.13. The van der Waals surface area contributed by atoms with Crippen molar-refractivity contribution < 1.29 is 4.39 Å². The molecule has 0 aliphatic rings. The molecule has 2 N–H and O–H groups in total. The lowest BCUT2D eigenvalue weighted by Crippen LogP contribution is -2.01. The first kappa shape index (κ1) is 10.5. The van der Waals surface area contributed by atoms with Crippen molar-refractivity contribution in [3.8, 4) is 0 Å². The van der Waals surface area contributed by atoms with Crippen molar-refractivity contribution in [1.29, 1.82) is 0 Å². The number of hydrogen-bond donors (Lipinski definition) is 1. The number of nitrogens with two attached hydrogens (primary N) is 1. The Morgan fingerprint density at radius 2 is 1.94 bits per heavy atom. The molecule has 82 valence electrons. The summed E-state index contributed by atoms with van der Waals surface area (Å²) in [5.74, 6) is 0.896. The van der Waals surface area contributed by atoms with E-state index in [9.17, 15) is 4.39 Å². The fourth-order valence-electron chi connectivity index (χ4n) is 1.48. The predicted molar refractivity (Wildman–Crippen MR) is 60.3 cm³/mol. The van der Waals surface area contributed by atoms with E-state index in [1.807, 2.05) is 6.07 Å². The number of aromatic nitrogens is 2. The number of benzene rings is 1. The third-order valence-corrected chi connectivity index (χ3v) is 2.30. The second-order valence-corrected chi connectivity index (χ2v) is 3.49. The van der Waals surface area contributed by atoms with Gasteiger partial charge in [-0.1, -0.05) is 18.2 Å². The first-order valence-corrected chi connectivity index (χ1v) is 5.06. The Labute approximate surface area is 93.2 Å². The normalized spacial score (nSPS) is 10.3. The molecule has 0 amide bonds. The second kappa shape index (κ2) is 4.70. The van der Waals surface area contributed by atoms with Gasteiger partial charge in [0.05, 0.1) is 0 Å². The standard InChI is InChI=1S/C12H12FN3/c13-10-4-2-1-3-9(10)5-6-12-15-8-7-11(14)16-12/h1-4,7-8H,5-6H2,(H2,14,15,16). The van der Waals surface area contributed by atoms with Crippen LogP contribution in [0.3, 0.4) is 0 Å². The molecule has 1 aromatic carbocycles. The van der Waals surface area contributed by atoms with E-state index in [0.717, 1.165) is 0 Å². The van der Waals surface area contributed by atoms with E-state index in [2.05, 4.69) is 9.97 Å². The molecule has 4 heteroatoms. The average Bonchev–Trinajstić information content (AvgIpc) is 2.28. The Bertz CT molecular complexity index is 485. The summed E-state index contributed by atoms with van der Waals surface area (Å²) in [6, 6.07) is 8.35. The van der Waals surface area contributed by atoms with Gasteiger partial charge in [-0.2, -0.15) is 0 Å². The molecule has 2 rings (SSSR count). The predicted octanol–water partition coefficient (Wildman–Crippen LogP) is 1.98. The third-order valence-electron chi connectivity index (χ3n) is 2.30. The highest BCUT2D eigenvalue weighted by molar-refractivity contribution is 5.25. The first-order chi connectivity index (χ1) is 7.75. The maximum absolute atomic E-state index is 13.3. The topological polar surface area (TPSA) is 51.8 Å². The SMILES string of the molecule is Nc1ccnc(CCc2ccccc2F)n1. The quantitative estimate of drug-likeness (QED) is 0.855. The largest absolute Gasteiger partial charge is 0.384 e. The van der Waals surface area contributed by atoms with Crippen molar-refractivity contribution >= 4 is 5.82 Å². The highest BCUT2D eigenvalue weighted by atomic mass is 19.1. The Morgan fingerprint density at radius 3 is 2.69 bits per heavy atom. The van der Waals surface area contributed by atoms with Crippen LogP contribution in [0, 0.1) is 5.82 Å². The number of anilines is 1. The van der Waals surface area contributed by atoms with Crippen LogP contribution < -0.4 is 5.73 Å². The van der Waals surface area contributed by atoms with Gasteiger partial charge in [-0.05, 0) is 24.1 Å². The van der Waals surface area contributed by atoms with Crippen LogP contribution in [0.4, 0.5) is 10.2 Å². The molecule has 0 fully saturated rings. The maximum Gasteiger partial charge on any atom is 0.130 e. The average molecular weight is 217 g/mol. The van der Waals surface area contributed by atoms with Crippen LogP contribution in [0.1, 0.15) is 11.4 Å². The molecule has 0 spiro atoms. The van der Waals surface area contributed by atoms with E-state index in [1.54, 1.807) is 24.4 Å². The number of halogens is 1. The van der Waals surface area contributed by atoms with E-state index in [0.29, 0.717) is 30.0 Å². The van der Waals surface area contributed by atoms with Gasteiger partial charge in [0.25, 0.3) is 0 Å². The van der Waals surface area contributed by atoms with Crippen LogP contribution in [0.25, 0.3) is 0 Å². The molecule has 0 unspecified atom stereocenters. The van der Waals surface area contributed by atoms with Gasteiger partial charge in [-0.3, -0.25) is 0 Å². The molecule has 0 saturated heterocycles. The molecule has 1 aromatic heterocycles. The van der Waals surface area contributed by atoms with Crippen molar-refractivity contribution in [1.82, 2.24) is 9.97 Å². The summed E-state index contributed by atoms with van der Waals surface area (Å²) in [5, 5.41) is 0. The van der Waals surface area contributed by atoms with Gasteiger partial charge in [0, 0.05) is 12.6 Å². The van der Waals surface area contributed by atoms with Gasteiger partial charge in [-0.15, -0.1) is 0 Å². The van der Waals surface area contributed by atoms with Gasteiger partial charge in [0.15, 0.2) is 0 Å². The molecule has 0 aliphatic carbocycles. The van der Waals surface area contributed by atoms with Crippen molar-refractivity contribution in [2.75, 3.05) is 5.73 Å². The third kappa shape index (κ3) is 2.53. The van der Waals surface area contributed by atoms with Gasteiger partial charge >= 0.3 is 0 Å². The van der Waals surface area contributed by atoms with Crippen molar-refractivity contribution in [2.24, 2.45) is 0 Å². The van der Waals surface area contributed by atoms with Crippen LogP contribution in [0.15, 0.2) is 36.5 Å². The van der Waals surface area contributed by atoms with E-state index >= 15 is 0 Å². The molecule has 0 bridgehead atoms. The van der Waals surface area contributed by atoms with Crippen LogP contribution in [0.2, 0.25) is 0 Å². The lowest BCUT2D eigenvalue weighted by atomic mass is 10.1. The number of nitrogen functional groups attached to an aromatic ring is 1. The molecule has 0 radical (unpaired) electrons. The molecule has 0 atom stereocenters. The fourth-order valence-corrected chi connectivity index (χ4v) is 1.48. The monoisotopic (exact) mass is 217 g/mol.